The van der Waals surface area contributed by atoms with E-state index in [1.807, 2.05) is 11.8 Å². The molecule has 0 amide bonds. The maximum absolute atomic E-state index is 5.31. The van der Waals surface area contributed by atoms with Crippen molar-refractivity contribution >= 4 is 11.8 Å². The first-order valence-corrected chi connectivity index (χ1v) is 22.0. The quantitative estimate of drug-likeness (QED) is 0.167. The van der Waals surface area contributed by atoms with E-state index < -0.39 is 5.41 Å². The maximum atomic E-state index is 5.31. The van der Waals surface area contributed by atoms with Crippen LogP contribution in [0.5, 0.6) is 0 Å². The van der Waals surface area contributed by atoms with Crippen LogP contribution in [0, 0.1) is 0 Å². The van der Waals surface area contributed by atoms with Crippen LogP contribution in [0.15, 0.2) is 240 Å². The van der Waals surface area contributed by atoms with Gasteiger partial charge in [0.15, 0.2) is 5.82 Å². The van der Waals surface area contributed by atoms with Gasteiger partial charge in [0, 0.05) is 26.5 Å². The third-order valence-corrected chi connectivity index (χ3v) is 13.8. The third kappa shape index (κ3) is 5.89. The molecule has 1 aliphatic carbocycles. The molecule has 1 aromatic heterocycles. The number of aromatic nitrogens is 2. The molecular weight excluding hydrogens is 769 g/mol. The maximum Gasteiger partial charge on any atom is 0.160 e. The van der Waals surface area contributed by atoms with E-state index in [1.165, 1.54) is 71.0 Å². The SMILES string of the molecule is c1ccc(-c2ccc(-c3cc(-c4ccc(-c5ccccc5)cc4)nc(-c4cccc(-c5cccc6c5Sc5ccccc5C65c6ccccc6-c6ccccc65)c4)n3)cc2)cc1. The molecule has 2 aliphatic rings. The van der Waals surface area contributed by atoms with Gasteiger partial charge in [-0.15, -0.1) is 0 Å². The number of hydrogen-bond acceptors (Lipinski definition) is 3. The minimum Gasteiger partial charge on any atom is -0.228 e. The van der Waals surface area contributed by atoms with Gasteiger partial charge in [-0.3, -0.25) is 0 Å². The van der Waals surface area contributed by atoms with E-state index >= 15 is 0 Å². The second kappa shape index (κ2) is 14.8. The van der Waals surface area contributed by atoms with E-state index in [1.54, 1.807) is 0 Å². The minimum atomic E-state index is -0.434. The molecule has 0 atom stereocenters. The van der Waals surface area contributed by atoms with Gasteiger partial charge in [-0.25, -0.2) is 9.97 Å². The van der Waals surface area contributed by atoms with Crippen molar-refractivity contribution in [3.05, 3.63) is 253 Å². The summed E-state index contributed by atoms with van der Waals surface area (Å²) >= 11 is 1.88. The molecule has 0 saturated heterocycles. The number of hydrogen-bond donors (Lipinski definition) is 0. The topological polar surface area (TPSA) is 25.8 Å². The van der Waals surface area contributed by atoms with Crippen molar-refractivity contribution in [3.63, 3.8) is 0 Å². The summed E-state index contributed by atoms with van der Waals surface area (Å²) in [5.41, 5.74) is 19.4. The molecule has 0 saturated carbocycles. The molecule has 290 valence electrons. The smallest absolute Gasteiger partial charge is 0.160 e. The molecule has 0 N–H and O–H groups in total. The highest BCUT2D eigenvalue weighted by Gasteiger charge is 2.50. The summed E-state index contributed by atoms with van der Waals surface area (Å²) in [6.45, 7) is 0. The van der Waals surface area contributed by atoms with Crippen LogP contribution < -0.4 is 0 Å². The van der Waals surface area contributed by atoms with Crippen LogP contribution in [-0.2, 0) is 5.41 Å². The Morgan fingerprint density at radius 3 is 1.31 bits per heavy atom. The van der Waals surface area contributed by atoms with Crippen LogP contribution in [-0.4, -0.2) is 9.97 Å². The molecule has 1 spiro atoms. The standard InChI is InChI=1S/C59H38N2S/c1-3-15-39(16-4-1)41-29-33-43(34-30-41)54-38-55(44-35-31-42(32-36-44)40-17-5-2-6-18-40)61-58(60-54)46-20-13-19-45(37-46)47-23-14-27-53-57(47)62-56-28-12-11-26-52(56)59(53)50-24-9-7-21-48(50)49-22-8-10-25-51(49)59/h1-38H. The van der Waals surface area contributed by atoms with Gasteiger partial charge in [-0.05, 0) is 85.0 Å². The fourth-order valence-electron chi connectivity index (χ4n) is 9.73. The largest absolute Gasteiger partial charge is 0.228 e. The number of nitrogens with zero attached hydrogens (tertiary/aromatic N) is 2. The highest BCUT2D eigenvalue weighted by molar-refractivity contribution is 7.99. The second-order valence-electron chi connectivity index (χ2n) is 16.1. The summed E-state index contributed by atoms with van der Waals surface area (Å²) in [7, 11) is 0. The zero-order valence-electron chi connectivity index (χ0n) is 33.7. The summed E-state index contributed by atoms with van der Waals surface area (Å²) in [5.74, 6) is 0.691. The normalized spacial score (nSPS) is 12.9. The first-order chi connectivity index (χ1) is 30.7. The number of rotatable bonds is 6. The van der Waals surface area contributed by atoms with E-state index in [-0.39, 0.29) is 0 Å². The van der Waals surface area contributed by atoms with Gasteiger partial charge in [0.2, 0.25) is 0 Å². The van der Waals surface area contributed by atoms with Crippen molar-refractivity contribution < 1.29 is 0 Å². The molecule has 0 unspecified atom stereocenters. The predicted molar refractivity (Wildman–Crippen MR) is 256 cm³/mol. The van der Waals surface area contributed by atoms with Crippen LogP contribution in [0.25, 0.3) is 78.4 Å². The van der Waals surface area contributed by atoms with Crippen molar-refractivity contribution in [3.8, 4) is 78.4 Å². The average molecular weight is 807 g/mol. The van der Waals surface area contributed by atoms with Crippen molar-refractivity contribution in [2.24, 2.45) is 0 Å². The Morgan fingerprint density at radius 1 is 0.290 bits per heavy atom. The molecule has 0 fully saturated rings. The molecule has 1 aliphatic heterocycles. The number of fused-ring (bicyclic) bond motifs is 9. The highest BCUT2D eigenvalue weighted by Crippen LogP contribution is 2.63. The summed E-state index contributed by atoms with van der Waals surface area (Å²) in [6.07, 6.45) is 0. The van der Waals surface area contributed by atoms with Gasteiger partial charge >= 0.3 is 0 Å². The van der Waals surface area contributed by atoms with Crippen molar-refractivity contribution in [1.82, 2.24) is 9.97 Å². The van der Waals surface area contributed by atoms with Gasteiger partial charge in [-0.1, -0.05) is 224 Å². The van der Waals surface area contributed by atoms with E-state index in [0.717, 1.165) is 33.6 Å². The van der Waals surface area contributed by atoms with Crippen LogP contribution in [0.1, 0.15) is 22.3 Å². The predicted octanol–water partition coefficient (Wildman–Crippen LogP) is 15.3. The molecule has 10 aromatic rings. The Bertz CT molecular complexity index is 3150. The molecule has 12 rings (SSSR count). The first-order valence-electron chi connectivity index (χ1n) is 21.1. The van der Waals surface area contributed by atoms with Crippen molar-refractivity contribution in [2.75, 3.05) is 0 Å². The molecule has 2 heterocycles. The molecule has 2 nitrogen and oxygen atoms in total. The van der Waals surface area contributed by atoms with Crippen molar-refractivity contribution in [2.45, 2.75) is 15.2 Å². The molecule has 0 radical (unpaired) electrons. The lowest BCUT2D eigenvalue weighted by Gasteiger charge is -2.40. The Balaban J connectivity index is 1.00. The number of benzene rings is 9. The van der Waals surface area contributed by atoms with Gasteiger partial charge in [0.05, 0.1) is 16.8 Å². The molecule has 9 aromatic carbocycles. The second-order valence-corrected chi connectivity index (χ2v) is 17.1. The van der Waals surface area contributed by atoms with Crippen LogP contribution in [0.2, 0.25) is 0 Å². The van der Waals surface area contributed by atoms with E-state index in [4.69, 9.17) is 9.97 Å². The summed E-state index contributed by atoms with van der Waals surface area (Å²) in [4.78, 5) is 13.2. The summed E-state index contributed by atoms with van der Waals surface area (Å²) in [5, 5.41) is 0. The molecule has 0 bridgehead atoms. The van der Waals surface area contributed by atoms with Gasteiger partial charge in [0.1, 0.15) is 0 Å². The lowest BCUT2D eigenvalue weighted by molar-refractivity contribution is 0.723. The van der Waals surface area contributed by atoms with Crippen LogP contribution >= 0.6 is 11.8 Å². The van der Waals surface area contributed by atoms with Crippen LogP contribution in [0.4, 0.5) is 0 Å². The Hall–Kier alpha value is -7.59. The Morgan fingerprint density at radius 2 is 0.710 bits per heavy atom. The van der Waals surface area contributed by atoms with E-state index in [9.17, 15) is 0 Å². The van der Waals surface area contributed by atoms with Crippen molar-refractivity contribution in [1.29, 1.82) is 0 Å². The van der Waals surface area contributed by atoms with Gasteiger partial charge < -0.3 is 0 Å². The fraction of sp³-hybridized carbons (Fsp3) is 0.0169. The Kier molecular flexibility index (Phi) is 8.69. The lowest BCUT2D eigenvalue weighted by atomic mass is 9.67. The first kappa shape index (κ1) is 36.3. The third-order valence-electron chi connectivity index (χ3n) is 12.6. The zero-order valence-corrected chi connectivity index (χ0v) is 34.6. The van der Waals surface area contributed by atoms with Gasteiger partial charge in [-0.2, -0.15) is 0 Å². The fourth-order valence-corrected chi connectivity index (χ4v) is 11.1. The monoisotopic (exact) mass is 806 g/mol. The highest BCUT2D eigenvalue weighted by atomic mass is 32.2. The van der Waals surface area contributed by atoms with E-state index in [2.05, 4.69) is 231 Å². The summed E-state index contributed by atoms with van der Waals surface area (Å²) < 4.78 is 0. The van der Waals surface area contributed by atoms with E-state index in [0.29, 0.717) is 5.82 Å². The zero-order chi connectivity index (χ0) is 41.0. The van der Waals surface area contributed by atoms with Gasteiger partial charge in [0.25, 0.3) is 0 Å². The average Bonchev–Trinajstić information content (AvgIpc) is 3.65. The lowest BCUT2D eigenvalue weighted by Crippen LogP contribution is -2.32. The molecular formula is C59H38N2S. The Labute approximate surface area is 366 Å². The summed E-state index contributed by atoms with van der Waals surface area (Å²) in [6, 6.07) is 83.3. The molecule has 3 heteroatoms. The molecule has 62 heavy (non-hydrogen) atoms. The van der Waals surface area contributed by atoms with Crippen LogP contribution in [0.3, 0.4) is 0 Å². The minimum absolute atomic E-state index is 0.434.